The van der Waals surface area contributed by atoms with Gasteiger partial charge in [0.25, 0.3) is 0 Å². The lowest BCUT2D eigenvalue weighted by Gasteiger charge is -2.19. The number of thiazole rings is 1. The molecule has 0 amide bonds. The Morgan fingerprint density at radius 2 is 2.11 bits per heavy atom. The Balaban J connectivity index is 1.67. The van der Waals surface area contributed by atoms with Crippen LogP contribution in [0, 0.1) is 12.8 Å². The fourth-order valence-corrected chi connectivity index (χ4v) is 4.59. The molecular formula is C13H19N5S. The van der Waals surface area contributed by atoms with E-state index in [0.29, 0.717) is 0 Å². The van der Waals surface area contributed by atoms with Crippen LogP contribution in [0.25, 0.3) is 10.3 Å². The highest BCUT2D eigenvalue weighted by atomic mass is 32.1. The second-order valence-electron chi connectivity index (χ2n) is 5.86. The SMILES string of the molecule is Cc1nn(C)c2nc(N3C[C@@H]4CCN(C)[C@@H]4C3)sc12. The van der Waals surface area contributed by atoms with E-state index < -0.39 is 0 Å². The van der Waals surface area contributed by atoms with Gasteiger partial charge in [0.2, 0.25) is 0 Å². The van der Waals surface area contributed by atoms with E-state index in [9.17, 15) is 0 Å². The second kappa shape index (κ2) is 3.93. The van der Waals surface area contributed by atoms with Gasteiger partial charge in [-0.05, 0) is 32.9 Å². The quantitative estimate of drug-likeness (QED) is 0.791. The van der Waals surface area contributed by atoms with Crippen molar-refractivity contribution in [3.8, 4) is 0 Å². The number of hydrogen-bond acceptors (Lipinski definition) is 5. The van der Waals surface area contributed by atoms with E-state index in [1.165, 1.54) is 29.3 Å². The van der Waals surface area contributed by atoms with Gasteiger partial charge in [-0.15, -0.1) is 0 Å². The molecule has 4 rings (SSSR count). The Kier molecular flexibility index (Phi) is 2.41. The molecule has 19 heavy (non-hydrogen) atoms. The number of aryl methyl sites for hydroxylation is 2. The molecule has 2 saturated heterocycles. The second-order valence-corrected chi connectivity index (χ2v) is 6.84. The van der Waals surface area contributed by atoms with E-state index in [0.717, 1.165) is 29.8 Å². The van der Waals surface area contributed by atoms with Crippen LogP contribution in [0.2, 0.25) is 0 Å². The van der Waals surface area contributed by atoms with Crippen molar-refractivity contribution in [3.63, 3.8) is 0 Å². The summed E-state index contributed by atoms with van der Waals surface area (Å²) in [6.07, 6.45) is 1.34. The average molecular weight is 277 g/mol. The fourth-order valence-electron chi connectivity index (χ4n) is 3.54. The number of rotatable bonds is 1. The number of likely N-dealkylation sites (tertiary alicyclic amines) is 1. The van der Waals surface area contributed by atoms with Crippen molar-refractivity contribution in [2.75, 3.05) is 31.6 Å². The summed E-state index contributed by atoms with van der Waals surface area (Å²) in [5.74, 6) is 0.830. The molecule has 2 atom stereocenters. The van der Waals surface area contributed by atoms with Crippen molar-refractivity contribution < 1.29 is 0 Å². The smallest absolute Gasteiger partial charge is 0.188 e. The maximum Gasteiger partial charge on any atom is 0.188 e. The molecule has 2 fully saturated rings. The first kappa shape index (κ1) is 11.7. The van der Waals surface area contributed by atoms with Gasteiger partial charge < -0.3 is 9.80 Å². The summed E-state index contributed by atoms with van der Waals surface area (Å²) < 4.78 is 3.14. The first-order valence-corrected chi connectivity index (χ1v) is 7.70. The highest BCUT2D eigenvalue weighted by Gasteiger charge is 2.40. The number of anilines is 1. The van der Waals surface area contributed by atoms with Gasteiger partial charge in [0, 0.05) is 26.2 Å². The van der Waals surface area contributed by atoms with Crippen LogP contribution >= 0.6 is 11.3 Å². The highest BCUT2D eigenvalue weighted by Crippen LogP contribution is 2.37. The van der Waals surface area contributed by atoms with Crippen LogP contribution in [0.1, 0.15) is 12.1 Å². The molecule has 2 aliphatic heterocycles. The summed E-state index contributed by atoms with van der Waals surface area (Å²) >= 11 is 1.79. The third-order valence-electron chi connectivity index (χ3n) is 4.63. The van der Waals surface area contributed by atoms with Gasteiger partial charge in [0.15, 0.2) is 10.8 Å². The van der Waals surface area contributed by atoms with Gasteiger partial charge in [-0.1, -0.05) is 11.3 Å². The molecule has 0 N–H and O–H groups in total. The lowest BCUT2D eigenvalue weighted by Crippen LogP contribution is -2.32. The lowest BCUT2D eigenvalue weighted by molar-refractivity contribution is 0.310. The van der Waals surface area contributed by atoms with Gasteiger partial charge in [-0.2, -0.15) is 5.10 Å². The summed E-state index contributed by atoms with van der Waals surface area (Å²) in [6.45, 7) is 5.62. The Hall–Kier alpha value is -1.14. The minimum absolute atomic E-state index is 0.728. The molecule has 0 aromatic carbocycles. The summed E-state index contributed by atoms with van der Waals surface area (Å²) in [4.78, 5) is 9.77. The first-order valence-electron chi connectivity index (χ1n) is 6.89. The molecule has 102 valence electrons. The molecule has 0 saturated carbocycles. The Bertz CT molecular complexity index is 596. The molecular weight excluding hydrogens is 258 g/mol. The fraction of sp³-hybridized carbons (Fsp3) is 0.692. The van der Waals surface area contributed by atoms with Crippen LogP contribution in [0.3, 0.4) is 0 Å². The molecule has 0 bridgehead atoms. The summed E-state index contributed by atoms with van der Waals surface area (Å²) in [5, 5.41) is 5.60. The van der Waals surface area contributed by atoms with Crippen LogP contribution < -0.4 is 4.90 Å². The summed E-state index contributed by atoms with van der Waals surface area (Å²) in [7, 11) is 4.23. The van der Waals surface area contributed by atoms with Crippen LogP contribution in [0.5, 0.6) is 0 Å². The predicted octanol–water partition coefficient (Wildman–Crippen LogP) is 1.48. The minimum Gasteiger partial charge on any atom is -0.346 e. The third kappa shape index (κ3) is 1.63. The topological polar surface area (TPSA) is 37.2 Å². The van der Waals surface area contributed by atoms with Crippen LogP contribution in [0.15, 0.2) is 0 Å². The maximum atomic E-state index is 4.79. The van der Waals surface area contributed by atoms with Crippen molar-refractivity contribution in [2.24, 2.45) is 13.0 Å². The monoisotopic (exact) mass is 277 g/mol. The Morgan fingerprint density at radius 1 is 1.26 bits per heavy atom. The molecule has 2 aromatic heterocycles. The van der Waals surface area contributed by atoms with E-state index in [1.54, 1.807) is 11.3 Å². The first-order chi connectivity index (χ1) is 9.13. The van der Waals surface area contributed by atoms with Crippen molar-refractivity contribution in [1.82, 2.24) is 19.7 Å². The van der Waals surface area contributed by atoms with Gasteiger partial charge >= 0.3 is 0 Å². The minimum atomic E-state index is 0.728. The molecule has 6 heteroatoms. The Morgan fingerprint density at radius 3 is 2.84 bits per heavy atom. The van der Waals surface area contributed by atoms with Crippen molar-refractivity contribution in [2.45, 2.75) is 19.4 Å². The zero-order chi connectivity index (χ0) is 13.1. The van der Waals surface area contributed by atoms with Crippen LogP contribution in [-0.4, -0.2) is 52.4 Å². The van der Waals surface area contributed by atoms with Crippen molar-refractivity contribution >= 4 is 26.8 Å². The van der Waals surface area contributed by atoms with E-state index in [1.807, 2.05) is 11.7 Å². The van der Waals surface area contributed by atoms with E-state index >= 15 is 0 Å². The van der Waals surface area contributed by atoms with Crippen molar-refractivity contribution in [3.05, 3.63) is 5.69 Å². The van der Waals surface area contributed by atoms with Crippen molar-refractivity contribution in [1.29, 1.82) is 0 Å². The molecule has 0 spiro atoms. The molecule has 4 heterocycles. The van der Waals surface area contributed by atoms with Crippen LogP contribution in [-0.2, 0) is 7.05 Å². The van der Waals surface area contributed by atoms with E-state index in [2.05, 4.69) is 28.9 Å². The zero-order valence-electron chi connectivity index (χ0n) is 11.6. The van der Waals surface area contributed by atoms with E-state index in [4.69, 9.17) is 4.98 Å². The maximum absolute atomic E-state index is 4.79. The number of nitrogens with zero attached hydrogens (tertiary/aromatic N) is 5. The molecule has 2 aliphatic rings. The standard InChI is InChI=1S/C13H19N5S/c1-8-11-12(17(3)15-8)14-13(19-11)18-6-9-4-5-16(2)10(9)7-18/h9-10H,4-7H2,1-3H3/t9-,10+/m0/s1. The highest BCUT2D eigenvalue weighted by molar-refractivity contribution is 7.22. The molecule has 0 radical (unpaired) electrons. The van der Waals surface area contributed by atoms with Gasteiger partial charge in [0.1, 0.15) is 0 Å². The number of aromatic nitrogens is 3. The molecule has 0 unspecified atom stereocenters. The zero-order valence-corrected chi connectivity index (χ0v) is 12.4. The summed E-state index contributed by atoms with van der Waals surface area (Å²) in [6, 6.07) is 0.728. The molecule has 2 aromatic rings. The van der Waals surface area contributed by atoms with Gasteiger partial charge in [-0.3, -0.25) is 0 Å². The number of likely N-dealkylation sites (N-methyl/N-ethyl adjacent to an activating group) is 1. The van der Waals surface area contributed by atoms with Crippen LogP contribution in [0.4, 0.5) is 5.13 Å². The third-order valence-corrected chi connectivity index (χ3v) is 5.84. The van der Waals surface area contributed by atoms with Gasteiger partial charge in [-0.25, -0.2) is 9.67 Å². The normalized spacial score (nSPS) is 27.6. The average Bonchev–Trinajstić information content (AvgIpc) is 3.06. The molecule has 5 nitrogen and oxygen atoms in total. The number of hydrogen-bond donors (Lipinski definition) is 0. The Labute approximate surface area is 116 Å². The molecule has 0 aliphatic carbocycles. The van der Waals surface area contributed by atoms with E-state index in [-0.39, 0.29) is 0 Å². The van der Waals surface area contributed by atoms with Gasteiger partial charge in [0.05, 0.1) is 10.4 Å². The number of fused-ring (bicyclic) bond motifs is 2. The lowest BCUT2D eigenvalue weighted by atomic mass is 10.1. The predicted molar refractivity (Wildman–Crippen MR) is 77.9 cm³/mol. The summed E-state index contributed by atoms with van der Waals surface area (Å²) in [5.41, 5.74) is 2.13. The largest absolute Gasteiger partial charge is 0.346 e.